The molecule has 1 fully saturated rings. The molecule has 4 nitrogen and oxygen atoms in total. The summed E-state index contributed by atoms with van der Waals surface area (Å²) in [5.41, 5.74) is 6.57. The maximum atomic E-state index is 13.2. The molecule has 0 bridgehead atoms. The van der Waals surface area contributed by atoms with Crippen LogP contribution in [0.2, 0.25) is 0 Å². The smallest absolute Gasteiger partial charge is 0.123 e. The Labute approximate surface area is 122 Å². The van der Waals surface area contributed by atoms with Crippen LogP contribution >= 0.6 is 12.2 Å². The molecule has 6 heteroatoms. The number of benzene rings is 1. The standard InChI is InChI=1S/C14H17FN2O2S/c15-10-1-2-12-9(5-10)6-11(19-12)7-17-3-4-18-13(8-17)14(16)20/h1-2,5,11,13H,3-4,6-8H2,(H2,16,20). The Morgan fingerprint density at radius 2 is 2.35 bits per heavy atom. The van der Waals surface area contributed by atoms with Crippen LogP contribution in [0.3, 0.4) is 0 Å². The summed E-state index contributed by atoms with van der Waals surface area (Å²) in [6.07, 6.45) is 0.610. The molecule has 0 radical (unpaired) electrons. The van der Waals surface area contributed by atoms with Crippen molar-refractivity contribution in [2.24, 2.45) is 5.73 Å². The molecule has 0 amide bonds. The Balaban J connectivity index is 1.59. The van der Waals surface area contributed by atoms with Crippen LogP contribution in [0, 0.1) is 5.82 Å². The van der Waals surface area contributed by atoms with Crippen molar-refractivity contribution in [3.8, 4) is 5.75 Å². The molecule has 0 aromatic heterocycles. The van der Waals surface area contributed by atoms with Crippen LogP contribution in [0.15, 0.2) is 18.2 Å². The first-order valence-corrected chi connectivity index (χ1v) is 7.11. The van der Waals surface area contributed by atoms with E-state index in [1.807, 2.05) is 0 Å². The third kappa shape index (κ3) is 2.92. The average molecular weight is 296 g/mol. The molecule has 2 N–H and O–H groups in total. The number of nitrogens with two attached hydrogens (primary N) is 1. The van der Waals surface area contributed by atoms with Gasteiger partial charge in [-0.2, -0.15) is 0 Å². The van der Waals surface area contributed by atoms with Gasteiger partial charge >= 0.3 is 0 Å². The molecular formula is C14H17FN2O2S. The maximum absolute atomic E-state index is 13.2. The highest BCUT2D eigenvalue weighted by atomic mass is 32.1. The second-order valence-corrected chi connectivity index (χ2v) is 5.69. The Hall–Kier alpha value is -1.24. The number of rotatable bonds is 3. The predicted molar refractivity (Wildman–Crippen MR) is 77.5 cm³/mol. The van der Waals surface area contributed by atoms with Crippen molar-refractivity contribution in [2.75, 3.05) is 26.2 Å². The molecule has 2 atom stereocenters. The minimum Gasteiger partial charge on any atom is -0.488 e. The summed E-state index contributed by atoms with van der Waals surface area (Å²) < 4.78 is 24.5. The quantitative estimate of drug-likeness (QED) is 0.847. The Morgan fingerprint density at radius 1 is 1.50 bits per heavy atom. The van der Waals surface area contributed by atoms with E-state index in [2.05, 4.69) is 4.90 Å². The fraction of sp³-hybridized carbons (Fsp3) is 0.500. The normalized spacial score (nSPS) is 26.1. The van der Waals surface area contributed by atoms with Gasteiger partial charge in [0.1, 0.15) is 28.8 Å². The van der Waals surface area contributed by atoms with Gasteiger partial charge < -0.3 is 15.2 Å². The summed E-state index contributed by atoms with van der Waals surface area (Å²) in [5, 5.41) is 0. The van der Waals surface area contributed by atoms with Crippen molar-refractivity contribution in [2.45, 2.75) is 18.6 Å². The molecule has 108 valence electrons. The lowest BCUT2D eigenvalue weighted by Gasteiger charge is -2.33. The van der Waals surface area contributed by atoms with Crippen molar-refractivity contribution in [1.82, 2.24) is 4.90 Å². The van der Waals surface area contributed by atoms with Crippen molar-refractivity contribution in [1.29, 1.82) is 0 Å². The summed E-state index contributed by atoms with van der Waals surface area (Å²) in [5.74, 6) is 0.573. The Kier molecular flexibility index (Phi) is 3.87. The maximum Gasteiger partial charge on any atom is 0.123 e. The molecule has 2 aliphatic heterocycles. The van der Waals surface area contributed by atoms with Gasteiger partial charge in [-0.15, -0.1) is 0 Å². The number of hydrogen-bond acceptors (Lipinski definition) is 4. The van der Waals surface area contributed by atoms with Gasteiger partial charge in [-0.1, -0.05) is 12.2 Å². The third-order valence-corrected chi connectivity index (χ3v) is 3.96. The average Bonchev–Trinajstić information content (AvgIpc) is 2.80. The summed E-state index contributed by atoms with van der Waals surface area (Å²) in [6.45, 7) is 2.93. The summed E-state index contributed by atoms with van der Waals surface area (Å²) >= 11 is 4.98. The van der Waals surface area contributed by atoms with Crippen LogP contribution in [-0.2, 0) is 11.2 Å². The second-order valence-electron chi connectivity index (χ2n) is 5.22. The first kappa shape index (κ1) is 13.7. The van der Waals surface area contributed by atoms with E-state index in [0.717, 1.165) is 30.8 Å². The molecular weight excluding hydrogens is 279 g/mol. The highest BCUT2D eigenvalue weighted by Crippen LogP contribution is 2.29. The minimum atomic E-state index is -0.215. The first-order valence-electron chi connectivity index (χ1n) is 6.70. The van der Waals surface area contributed by atoms with Crippen LogP contribution in [0.4, 0.5) is 4.39 Å². The van der Waals surface area contributed by atoms with Crippen molar-refractivity contribution in [3.63, 3.8) is 0 Å². The van der Waals surface area contributed by atoms with Gasteiger partial charge in [0.15, 0.2) is 0 Å². The van der Waals surface area contributed by atoms with Gasteiger partial charge in [0, 0.05) is 31.6 Å². The molecule has 3 rings (SSSR count). The molecule has 2 heterocycles. The molecule has 0 spiro atoms. The lowest BCUT2D eigenvalue weighted by atomic mass is 10.1. The lowest BCUT2D eigenvalue weighted by molar-refractivity contribution is -0.00452. The fourth-order valence-electron chi connectivity index (χ4n) is 2.72. The zero-order valence-corrected chi connectivity index (χ0v) is 11.9. The van der Waals surface area contributed by atoms with Crippen molar-refractivity contribution in [3.05, 3.63) is 29.6 Å². The Bertz CT molecular complexity index is 526. The van der Waals surface area contributed by atoms with E-state index in [0.29, 0.717) is 18.1 Å². The van der Waals surface area contributed by atoms with E-state index in [1.54, 1.807) is 12.1 Å². The summed E-state index contributed by atoms with van der Waals surface area (Å²) in [6, 6.07) is 4.67. The molecule has 1 aromatic carbocycles. The number of morpholine rings is 1. The number of halogens is 1. The number of ether oxygens (including phenoxy) is 2. The van der Waals surface area contributed by atoms with E-state index in [9.17, 15) is 4.39 Å². The van der Waals surface area contributed by atoms with Gasteiger partial charge in [0.25, 0.3) is 0 Å². The number of fused-ring (bicyclic) bond motifs is 1. The van der Waals surface area contributed by atoms with E-state index < -0.39 is 0 Å². The molecule has 0 aliphatic carbocycles. The zero-order valence-electron chi connectivity index (χ0n) is 11.0. The minimum absolute atomic E-state index is 0.0527. The van der Waals surface area contributed by atoms with Crippen LogP contribution in [0.5, 0.6) is 5.75 Å². The number of nitrogens with zero attached hydrogens (tertiary/aromatic N) is 1. The number of hydrogen-bond donors (Lipinski definition) is 1. The lowest BCUT2D eigenvalue weighted by Crippen LogP contribution is -2.50. The summed E-state index contributed by atoms with van der Waals surface area (Å²) in [7, 11) is 0. The molecule has 2 unspecified atom stereocenters. The zero-order chi connectivity index (χ0) is 14.1. The topological polar surface area (TPSA) is 47.7 Å². The van der Waals surface area contributed by atoms with E-state index in [1.165, 1.54) is 6.07 Å². The van der Waals surface area contributed by atoms with E-state index in [-0.39, 0.29) is 18.0 Å². The molecule has 2 aliphatic rings. The third-order valence-electron chi connectivity index (χ3n) is 3.69. The highest BCUT2D eigenvalue weighted by molar-refractivity contribution is 7.80. The first-order chi connectivity index (χ1) is 9.61. The van der Waals surface area contributed by atoms with E-state index >= 15 is 0 Å². The number of thiocarbonyl (C=S) groups is 1. The SMILES string of the molecule is NC(=S)C1CN(CC2Cc3cc(F)ccc3O2)CCO1. The monoisotopic (exact) mass is 296 g/mol. The van der Waals surface area contributed by atoms with Gasteiger partial charge in [0.2, 0.25) is 0 Å². The van der Waals surface area contributed by atoms with Crippen LogP contribution in [0.25, 0.3) is 0 Å². The molecule has 1 aromatic rings. The molecule has 0 saturated carbocycles. The molecule has 20 heavy (non-hydrogen) atoms. The van der Waals surface area contributed by atoms with Gasteiger partial charge in [-0.3, -0.25) is 4.90 Å². The predicted octanol–water partition coefficient (Wildman–Crippen LogP) is 1.12. The van der Waals surface area contributed by atoms with Crippen molar-refractivity contribution < 1.29 is 13.9 Å². The molecule has 1 saturated heterocycles. The van der Waals surface area contributed by atoms with Gasteiger partial charge in [-0.25, -0.2) is 4.39 Å². The van der Waals surface area contributed by atoms with Gasteiger partial charge in [-0.05, 0) is 18.2 Å². The summed E-state index contributed by atoms with van der Waals surface area (Å²) in [4.78, 5) is 2.63. The van der Waals surface area contributed by atoms with Gasteiger partial charge in [0.05, 0.1) is 6.61 Å². The van der Waals surface area contributed by atoms with Crippen molar-refractivity contribution >= 4 is 17.2 Å². The van der Waals surface area contributed by atoms with Crippen LogP contribution in [-0.4, -0.2) is 48.3 Å². The van der Waals surface area contributed by atoms with Crippen LogP contribution < -0.4 is 10.5 Å². The fourth-order valence-corrected chi connectivity index (χ4v) is 2.86. The Morgan fingerprint density at radius 3 is 3.15 bits per heavy atom. The van der Waals surface area contributed by atoms with Crippen LogP contribution in [0.1, 0.15) is 5.56 Å². The second kappa shape index (κ2) is 5.63. The highest BCUT2D eigenvalue weighted by Gasteiger charge is 2.29. The largest absolute Gasteiger partial charge is 0.488 e. The van der Waals surface area contributed by atoms with E-state index in [4.69, 9.17) is 27.4 Å².